The average Bonchev–Trinajstić information content (AvgIpc) is 2.47. The summed E-state index contributed by atoms with van der Waals surface area (Å²) < 4.78 is 5.13. The number of hydrogen-bond acceptors (Lipinski definition) is 2. The average molecular weight is 254 g/mol. The van der Waals surface area contributed by atoms with Crippen molar-refractivity contribution >= 4 is 17.2 Å². The maximum absolute atomic E-state index is 5.13. The molecular weight excluding hydrogens is 236 g/mol. The SMILES string of the molecule is COCCC(=Nc1ccccc1)Nc1ccccc1. The minimum Gasteiger partial charge on any atom is -0.384 e. The molecule has 0 fully saturated rings. The van der Waals surface area contributed by atoms with Crippen molar-refractivity contribution in [3.05, 3.63) is 60.7 Å². The van der Waals surface area contributed by atoms with Crippen LogP contribution in [0.25, 0.3) is 0 Å². The molecule has 0 aliphatic carbocycles. The number of ether oxygens (including phenoxy) is 1. The van der Waals surface area contributed by atoms with E-state index in [2.05, 4.69) is 10.3 Å². The fourth-order valence-corrected chi connectivity index (χ4v) is 1.69. The summed E-state index contributed by atoms with van der Waals surface area (Å²) in [5, 5.41) is 3.33. The fraction of sp³-hybridized carbons (Fsp3) is 0.188. The Hall–Kier alpha value is -2.13. The molecule has 0 bridgehead atoms. The Bertz CT molecular complexity index is 509. The maximum Gasteiger partial charge on any atom is 0.109 e. The number of amidine groups is 1. The third kappa shape index (κ3) is 4.56. The van der Waals surface area contributed by atoms with Crippen LogP contribution < -0.4 is 5.32 Å². The first-order valence-corrected chi connectivity index (χ1v) is 6.32. The molecule has 1 N–H and O–H groups in total. The summed E-state index contributed by atoms with van der Waals surface area (Å²) in [5.41, 5.74) is 1.98. The Kier molecular flexibility index (Phi) is 5.14. The highest BCUT2D eigenvalue weighted by atomic mass is 16.5. The normalized spacial score (nSPS) is 11.3. The highest BCUT2D eigenvalue weighted by molar-refractivity contribution is 5.97. The van der Waals surface area contributed by atoms with E-state index in [1.165, 1.54) is 0 Å². The molecular formula is C16H18N2O. The standard InChI is InChI=1S/C16H18N2O/c1-19-13-12-16(17-14-8-4-2-5-9-14)18-15-10-6-3-7-11-15/h2-11H,12-13H2,1H3,(H,17,18). The van der Waals surface area contributed by atoms with Crippen LogP contribution in [0, 0.1) is 0 Å². The summed E-state index contributed by atoms with van der Waals surface area (Å²) in [6, 6.07) is 20.0. The van der Waals surface area contributed by atoms with Gasteiger partial charge >= 0.3 is 0 Å². The third-order valence-corrected chi connectivity index (χ3v) is 2.63. The van der Waals surface area contributed by atoms with Crippen LogP contribution in [0.2, 0.25) is 0 Å². The number of nitrogens with one attached hydrogen (secondary N) is 1. The van der Waals surface area contributed by atoms with Crippen molar-refractivity contribution in [2.45, 2.75) is 6.42 Å². The molecule has 0 saturated heterocycles. The van der Waals surface area contributed by atoms with Gasteiger partial charge in [-0.15, -0.1) is 0 Å². The Labute approximate surface area is 114 Å². The van der Waals surface area contributed by atoms with E-state index < -0.39 is 0 Å². The van der Waals surface area contributed by atoms with E-state index in [9.17, 15) is 0 Å². The van der Waals surface area contributed by atoms with Crippen molar-refractivity contribution in [1.29, 1.82) is 0 Å². The summed E-state index contributed by atoms with van der Waals surface area (Å²) in [7, 11) is 1.70. The summed E-state index contributed by atoms with van der Waals surface area (Å²) in [6.45, 7) is 0.644. The van der Waals surface area contributed by atoms with Gasteiger partial charge in [0.15, 0.2) is 0 Å². The van der Waals surface area contributed by atoms with E-state index in [1.807, 2.05) is 60.7 Å². The Morgan fingerprint density at radius 3 is 2.26 bits per heavy atom. The minimum absolute atomic E-state index is 0.644. The van der Waals surface area contributed by atoms with E-state index in [0.29, 0.717) is 6.61 Å². The first-order valence-electron chi connectivity index (χ1n) is 6.32. The highest BCUT2D eigenvalue weighted by Crippen LogP contribution is 2.13. The van der Waals surface area contributed by atoms with Gasteiger partial charge < -0.3 is 10.1 Å². The van der Waals surface area contributed by atoms with Crippen LogP contribution in [0.4, 0.5) is 11.4 Å². The van der Waals surface area contributed by atoms with Crippen molar-refractivity contribution in [3.63, 3.8) is 0 Å². The lowest BCUT2D eigenvalue weighted by Crippen LogP contribution is -2.14. The molecule has 0 aliphatic heterocycles. The molecule has 0 radical (unpaired) electrons. The quantitative estimate of drug-likeness (QED) is 0.649. The zero-order valence-electron chi connectivity index (χ0n) is 11.0. The second kappa shape index (κ2) is 7.34. The number of anilines is 1. The van der Waals surface area contributed by atoms with E-state index in [-0.39, 0.29) is 0 Å². The number of methoxy groups -OCH3 is 1. The second-order valence-corrected chi connectivity index (χ2v) is 4.13. The summed E-state index contributed by atoms with van der Waals surface area (Å²) in [5.74, 6) is 0.902. The van der Waals surface area contributed by atoms with Gasteiger partial charge in [-0.3, -0.25) is 0 Å². The van der Waals surface area contributed by atoms with Crippen LogP contribution in [0.3, 0.4) is 0 Å². The van der Waals surface area contributed by atoms with Crippen molar-refractivity contribution in [3.8, 4) is 0 Å². The van der Waals surface area contributed by atoms with Crippen LogP contribution in [-0.4, -0.2) is 19.6 Å². The summed E-state index contributed by atoms with van der Waals surface area (Å²) in [4.78, 5) is 4.62. The summed E-state index contributed by atoms with van der Waals surface area (Å²) in [6.07, 6.45) is 0.750. The van der Waals surface area contributed by atoms with Crippen molar-refractivity contribution in [2.75, 3.05) is 19.0 Å². The third-order valence-electron chi connectivity index (χ3n) is 2.63. The van der Waals surface area contributed by atoms with E-state index in [1.54, 1.807) is 7.11 Å². The van der Waals surface area contributed by atoms with Crippen LogP contribution in [0.1, 0.15) is 6.42 Å². The van der Waals surface area contributed by atoms with E-state index in [4.69, 9.17) is 4.74 Å². The molecule has 0 amide bonds. The van der Waals surface area contributed by atoms with Crippen molar-refractivity contribution in [2.24, 2.45) is 4.99 Å². The number of hydrogen-bond donors (Lipinski definition) is 1. The molecule has 2 aromatic carbocycles. The second-order valence-electron chi connectivity index (χ2n) is 4.13. The smallest absolute Gasteiger partial charge is 0.109 e. The van der Waals surface area contributed by atoms with Crippen LogP contribution >= 0.6 is 0 Å². The molecule has 0 unspecified atom stereocenters. The number of rotatable bonds is 5. The lowest BCUT2D eigenvalue weighted by molar-refractivity contribution is 0.207. The number of para-hydroxylation sites is 2. The Balaban J connectivity index is 2.14. The number of benzene rings is 2. The zero-order valence-corrected chi connectivity index (χ0v) is 11.0. The molecule has 2 aromatic rings. The zero-order chi connectivity index (χ0) is 13.3. The monoisotopic (exact) mass is 254 g/mol. The minimum atomic E-state index is 0.644. The van der Waals surface area contributed by atoms with Gasteiger partial charge in [0, 0.05) is 19.2 Å². The molecule has 0 atom stereocenters. The van der Waals surface area contributed by atoms with Gasteiger partial charge in [0.2, 0.25) is 0 Å². The lowest BCUT2D eigenvalue weighted by Gasteiger charge is -2.09. The molecule has 3 heteroatoms. The fourth-order valence-electron chi connectivity index (χ4n) is 1.69. The highest BCUT2D eigenvalue weighted by Gasteiger charge is 2.00. The molecule has 0 heterocycles. The number of nitrogens with zero attached hydrogens (tertiary/aromatic N) is 1. The first-order chi connectivity index (χ1) is 9.38. The van der Waals surface area contributed by atoms with Gasteiger partial charge in [0.1, 0.15) is 5.84 Å². The molecule has 19 heavy (non-hydrogen) atoms. The first kappa shape index (κ1) is 13.3. The van der Waals surface area contributed by atoms with Gasteiger partial charge in [-0.25, -0.2) is 4.99 Å². The van der Waals surface area contributed by atoms with Gasteiger partial charge in [0.25, 0.3) is 0 Å². The van der Waals surface area contributed by atoms with Crippen LogP contribution in [-0.2, 0) is 4.74 Å². The molecule has 0 spiro atoms. The molecule has 3 nitrogen and oxygen atoms in total. The molecule has 0 aromatic heterocycles. The van der Waals surface area contributed by atoms with Gasteiger partial charge in [-0.1, -0.05) is 36.4 Å². The predicted octanol–water partition coefficient (Wildman–Crippen LogP) is 3.87. The Morgan fingerprint density at radius 2 is 1.63 bits per heavy atom. The van der Waals surface area contributed by atoms with Gasteiger partial charge in [0.05, 0.1) is 12.3 Å². The van der Waals surface area contributed by atoms with E-state index in [0.717, 1.165) is 23.6 Å². The van der Waals surface area contributed by atoms with Crippen LogP contribution in [0.5, 0.6) is 0 Å². The van der Waals surface area contributed by atoms with Gasteiger partial charge in [-0.05, 0) is 24.3 Å². The molecule has 0 aliphatic rings. The molecule has 2 rings (SSSR count). The van der Waals surface area contributed by atoms with Gasteiger partial charge in [-0.2, -0.15) is 0 Å². The number of aliphatic imine (C=N–C) groups is 1. The van der Waals surface area contributed by atoms with Crippen molar-refractivity contribution < 1.29 is 4.74 Å². The molecule has 98 valence electrons. The van der Waals surface area contributed by atoms with Crippen LogP contribution in [0.15, 0.2) is 65.7 Å². The topological polar surface area (TPSA) is 33.6 Å². The predicted molar refractivity (Wildman–Crippen MR) is 80.1 cm³/mol. The lowest BCUT2D eigenvalue weighted by atomic mass is 10.3. The van der Waals surface area contributed by atoms with Crippen molar-refractivity contribution in [1.82, 2.24) is 0 Å². The van der Waals surface area contributed by atoms with E-state index >= 15 is 0 Å². The maximum atomic E-state index is 5.13. The summed E-state index contributed by atoms with van der Waals surface area (Å²) >= 11 is 0. The largest absolute Gasteiger partial charge is 0.384 e. The molecule has 0 saturated carbocycles. The Morgan fingerprint density at radius 1 is 1.00 bits per heavy atom.